The third-order valence-corrected chi connectivity index (χ3v) is 3.69. The Morgan fingerprint density at radius 1 is 1.45 bits per heavy atom. The number of rotatable bonds is 5. The Balaban J connectivity index is 1.70. The molecule has 0 radical (unpaired) electrons. The van der Waals surface area contributed by atoms with Gasteiger partial charge in [0.2, 0.25) is 0 Å². The zero-order valence-corrected chi connectivity index (χ0v) is 11.9. The van der Waals surface area contributed by atoms with Gasteiger partial charge in [-0.1, -0.05) is 0 Å². The van der Waals surface area contributed by atoms with Crippen LogP contribution in [0.1, 0.15) is 43.8 Å². The Hall–Kier alpha value is -1.66. The molecule has 0 aliphatic carbocycles. The highest BCUT2D eigenvalue weighted by Crippen LogP contribution is 2.30. The van der Waals surface area contributed by atoms with Gasteiger partial charge in [0, 0.05) is 43.3 Å². The molecule has 1 fully saturated rings. The molecular weight excluding hydrogens is 254 g/mol. The molecule has 0 saturated carbocycles. The van der Waals surface area contributed by atoms with Crippen molar-refractivity contribution in [3.8, 4) is 0 Å². The maximum atomic E-state index is 5.92. The van der Waals surface area contributed by atoms with Gasteiger partial charge in [-0.15, -0.1) is 0 Å². The number of H-pyrrole nitrogens is 1. The molecule has 6 nitrogen and oxygen atoms in total. The molecule has 0 bridgehead atoms. The topological polar surface area (TPSA) is 67.8 Å². The van der Waals surface area contributed by atoms with Crippen LogP contribution in [0.5, 0.6) is 0 Å². The maximum Gasteiger partial charge on any atom is 0.114 e. The molecule has 0 spiro atoms. The lowest BCUT2D eigenvalue weighted by Crippen LogP contribution is -2.32. The molecule has 20 heavy (non-hydrogen) atoms. The number of hydrogen-bond acceptors (Lipinski definition) is 4. The number of nitrogens with one attached hydrogen (secondary N) is 2. The number of aromatic nitrogens is 4. The van der Waals surface area contributed by atoms with Gasteiger partial charge in [-0.25, -0.2) is 0 Å². The molecule has 2 aromatic heterocycles. The van der Waals surface area contributed by atoms with Crippen molar-refractivity contribution in [2.45, 2.75) is 45.0 Å². The molecule has 2 aromatic rings. The molecule has 6 heteroatoms. The fourth-order valence-electron chi connectivity index (χ4n) is 2.70. The van der Waals surface area contributed by atoms with Crippen LogP contribution in [0.25, 0.3) is 0 Å². The number of hydrogen-bond donors (Lipinski definition) is 2. The van der Waals surface area contributed by atoms with E-state index < -0.39 is 0 Å². The van der Waals surface area contributed by atoms with Crippen molar-refractivity contribution in [2.75, 3.05) is 6.61 Å². The summed E-state index contributed by atoms with van der Waals surface area (Å²) in [5.74, 6) is 0. The Kier molecular flexibility index (Phi) is 3.84. The summed E-state index contributed by atoms with van der Waals surface area (Å²) in [5, 5.41) is 14.9. The van der Waals surface area contributed by atoms with E-state index in [1.165, 1.54) is 0 Å². The zero-order chi connectivity index (χ0) is 13.9. The largest absolute Gasteiger partial charge is 0.370 e. The van der Waals surface area contributed by atoms with Crippen molar-refractivity contribution >= 4 is 0 Å². The van der Waals surface area contributed by atoms with Crippen molar-refractivity contribution < 1.29 is 4.74 Å². The Bertz CT molecular complexity index is 534. The zero-order valence-electron chi connectivity index (χ0n) is 11.9. The van der Waals surface area contributed by atoms with Crippen LogP contribution in [-0.4, -0.2) is 32.6 Å². The highest BCUT2D eigenvalue weighted by Gasteiger charge is 2.32. The van der Waals surface area contributed by atoms with Gasteiger partial charge in [0.25, 0.3) is 0 Å². The quantitative estimate of drug-likeness (QED) is 0.873. The van der Waals surface area contributed by atoms with Crippen molar-refractivity contribution in [1.82, 2.24) is 25.3 Å². The summed E-state index contributed by atoms with van der Waals surface area (Å²) in [6.45, 7) is 5.84. The Labute approximate surface area is 118 Å². The van der Waals surface area contributed by atoms with Crippen LogP contribution in [-0.2, 0) is 11.3 Å². The van der Waals surface area contributed by atoms with E-state index in [1.54, 1.807) is 6.20 Å². The van der Waals surface area contributed by atoms with Gasteiger partial charge in [-0.3, -0.25) is 9.78 Å². The molecular formula is C14H21N5O. The molecule has 3 rings (SSSR count). The number of nitrogens with zero attached hydrogens (tertiary/aromatic N) is 3. The van der Waals surface area contributed by atoms with E-state index in [-0.39, 0.29) is 6.10 Å². The van der Waals surface area contributed by atoms with Gasteiger partial charge in [-0.05, 0) is 32.4 Å². The normalized spacial score (nSPS) is 22.8. The van der Waals surface area contributed by atoms with Crippen molar-refractivity contribution in [2.24, 2.45) is 0 Å². The lowest BCUT2D eigenvalue weighted by atomic mass is 10.1. The average molecular weight is 275 g/mol. The molecule has 1 saturated heterocycles. The molecule has 3 heterocycles. The van der Waals surface area contributed by atoms with Gasteiger partial charge in [0.15, 0.2) is 0 Å². The number of ether oxygens (including phenoxy) is 1. The van der Waals surface area contributed by atoms with Crippen molar-refractivity contribution in [1.29, 1.82) is 0 Å². The van der Waals surface area contributed by atoms with Crippen LogP contribution in [0.3, 0.4) is 0 Å². The first-order chi connectivity index (χ1) is 9.75. The van der Waals surface area contributed by atoms with Crippen LogP contribution in [0.15, 0.2) is 24.5 Å². The summed E-state index contributed by atoms with van der Waals surface area (Å²) in [6.07, 6.45) is 4.71. The lowest BCUT2D eigenvalue weighted by molar-refractivity contribution is 0.0898. The average Bonchev–Trinajstić information content (AvgIpc) is 3.16. The summed E-state index contributed by atoms with van der Waals surface area (Å²) in [7, 11) is 0. The summed E-state index contributed by atoms with van der Waals surface area (Å²) in [4.78, 5) is 0. The first-order valence-electron chi connectivity index (χ1n) is 7.12. The molecule has 0 amide bonds. The van der Waals surface area contributed by atoms with Crippen LogP contribution in [0.2, 0.25) is 0 Å². The predicted octanol–water partition coefficient (Wildman–Crippen LogP) is 1.81. The van der Waals surface area contributed by atoms with Crippen LogP contribution < -0.4 is 5.32 Å². The minimum absolute atomic E-state index is 0.0721. The highest BCUT2D eigenvalue weighted by atomic mass is 16.5. The lowest BCUT2D eigenvalue weighted by Gasteiger charge is -2.22. The second-order valence-corrected chi connectivity index (χ2v) is 5.44. The van der Waals surface area contributed by atoms with E-state index >= 15 is 0 Å². The van der Waals surface area contributed by atoms with Gasteiger partial charge < -0.3 is 10.1 Å². The molecule has 0 aromatic carbocycles. The summed E-state index contributed by atoms with van der Waals surface area (Å²) in [6, 6.07) is 4.70. The fourth-order valence-corrected chi connectivity index (χ4v) is 2.70. The second-order valence-electron chi connectivity index (χ2n) is 5.44. The van der Waals surface area contributed by atoms with E-state index in [9.17, 15) is 0 Å². The first kappa shape index (κ1) is 13.3. The summed E-state index contributed by atoms with van der Waals surface area (Å²) < 4.78 is 7.96. The smallest absolute Gasteiger partial charge is 0.114 e. The van der Waals surface area contributed by atoms with E-state index in [0.29, 0.717) is 12.1 Å². The molecule has 0 unspecified atom stereocenters. The predicted molar refractivity (Wildman–Crippen MR) is 75.1 cm³/mol. The summed E-state index contributed by atoms with van der Waals surface area (Å²) >= 11 is 0. The van der Waals surface area contributed by atoms with Gasteiger partial charge in [0.1, 0.15) is 6.10 Å². The number of aromatic amines is 1. The Morgan fingerprint density at radius 3 is 3.10 bits per heavy atom. The minimum atomic E-state index is 0.0721. The van der Waals surface area contributed by atoms with E-state index in [2.05, 4.69) is 40.5 Å². The maximum absolute atomic E-state index is 5.92. The van der Waals surface area contributed by atoms with Crippen LogP contribution >= 0.6 is 0 Å². The summed E-state index contributed by atoms with van der Waals surface area (Å²) in [5.41, 5.74) is 2.24. The van der Waals surface area contributed by atoms with E-state index in [4.69, 9.17) is 4.74 Å². The first-order valence-corrected chi connectivity index (χ1v) is 7.12. The molecule has 2 atom stereocenters. The fraction of sp³-hybridized carbons (Fsp3) is 0.571. The van der Waals surface area contributed by atoms with E-state index in [0.717, 1.165) is 31.0 Å². The minimum Gasteiger partial charge on any atom is -0.370 e. The monoisotopic (exact) mass is 275 g/mol. The standard InChI is InChI=1S/C14H21N5O/c1-10(2)19-13(4-7-17-19)14-12(5-8-20-14)15-9-11-3-6-16-18-11/h3-4,6-7,10,12,14-15H,5,8-9H2,1-2H3,(H,16,18)/t12-,14-/m0/s1. The molecule has 1 aliphatic rings. The van der Waals surface area contributed by atoms with E-state index in [1.807, 2.05) is 16.9 Å². The molecule has 1 aliphatic heterocycles. The SMILES string of the molecule is CC(C)n1nccc1[C@H]1OCC[C@@H]1NCc1ccn[nH]1. The van der Waals surface area contributed by atoms with Crippen LogP contribution in [0.4, 0.5) is 0 Å². The second kappa shape index (κ2) is 5.76. The molecule has 108 valence electrons. The van der Waals surface area contributed by atoms with Gasteiger partial charge >= 0.3 is 0 Å². The molecule has 2 N–H and O–H groups in total. The highest BCUT2D eigenvalue weighted by molar-refractivity contribution is 5.11. The van der Waals surface area contributed by atoms with Gasteiger partial charge in [0.05, 0.1) is 5.69 Å². The third-order valence-electron chi connectivity index (χ3n) is 3.69. The van der Waals surface area contributed by atoms with Crippen molar-refractivity contribution in [3.05, 3.63) is 35.9 Å². The van der Waals surface area contributed by atoms with Crippen LogP contribution in [0, 0.1) is 0 Å². The third kappa shape index (κ3) is 2.62. The Morgan fingerprint density at radius 2 is 2.35 bits per heavy atom. The van der Waals surface area contributed by atoms with Gasteiger partial charge in [-0.2, -0.15) is 10.2 Å². The van der Waals surface area contributed by atoms with Crippen molar-refractivity contribution in [3.63, 3.8) is 0 Å².